The molecule has 1 fully saturated rings. The van der Waals surface area contributed by atoms with Crippen LogP contribution in [0.4, 0.5) is 21.7 Å². The number of fused-ring (bicyclic) bond motifs is 1. The summed E-state index contributed by atoms with van der Waals surface area (Å²) in [6, 6.07) is 10.1. The summed E-state index contributed by atoms with van der Waals surface area (Å²) in [6.45, 7) is 3.48. The summed E-state index contributed by atoms with van der Waals surface area (Å²) in [7, 11) is 0. The molecule has 1 aliphatic carbocycles. The molecule has 0 bridgehead atoms. The molecule has 1 aliphatic rings. The first-order chi connectivity index (χ1) is 16.9. The number of nitrogens with one attached hydrogen (secondary N) is 2. The number of hydrogen-bond acceptors (Lipinski definition) is 8. The second-order valence-corrected chi connectivity index (χ2v) is 8.51. The maximum absolute atomic E-state index is 14.8. The summed E-state index contributed by atoms with van der Waals surface area (Å²) >= 11 is 0. The fourth-order valence-corrected chi connectivity index (χ4v) is 4.14. The number of carbonyl (C=O) groups excluding carboxylic acids is 1. The van der Waals surface area contributed by atoms with E-state index < -0.39 is 11.7 Å². The predicted molar refractivity (Wildman–Crippen MR) is 134 cm³/mol. The van der Waals surface area contributed by atoms with Crippen LogP contribution in [-0.2, 0) is 4.74 Å². The lowest BCUT2D eigenvalue weighted by Gasteiger charge is -2.30. The Balaban J connectivity index is 1.55. The van der Waals surface area contributed by atoms with Crippen molar-refractivity contribution in [2.24, 2.45) is 11.5 Å². The Morgan fingerprint density at radius 1 is 1.11 bits per heavy atom. The maximum atomic E-state index is 14.8. The molecule has 9 nitrogen and oxygen atoms in total. The molecule has 2 aromatic heterocycles. The van der Waals surface area contributed by atoms with Crippen molar-refractivity contribution in [2.45, 2.75) is 44.7 Å². The third-order valence-electron chi connectivity index (χ3n) is 5.99. The first kappa shape index (κ1) is 24.6. The number of anilines is 3. The van der Waals surface area contributed by atoms with Crippen molar-refractivity contribution in [3.63, 3.8) is 0 Å². The lowest BCUT2D eigenvalue weighted by atomic mass is 9.91. The number of benzene rings is 1. The van der Waals surface area contributed by atoms with Gasteiger partial charge in [-0.05, 0) is 50.1 Å². The second-order valence-electron chi connectivity index (χ2n) is 8.51. The number of pyridine rings is 2. The molecule has 2 atom stereocenters. The molecule has 1 saturated carbocycles. The van der Waals surface area contributed by atoms with Gasteiger partial charge in [0, 0.05) is 35.8 Å². The quantitative estimate of drug-likeness (QED) is 0.321. The molecule has 4 rings (SSSR count). The van der Waals surface area contributed by atoms with E-state index in [1.54, 1.807) is 12.1 Å². The van der Waals surface area contributed by atoms with Gasteiger partial charge in [0.1, 0.15) is 12.4 Å². The van der Waals surface area contributed by atoms with E-state index in [9.17, 15) is 9.18 Å². The zero-order valence-electron chi connectivity index (χ0n) is 19.7. The lowest BCUT2D eigenvalue weighted by Crippen LogP contribution is -2.43. The highest BCUT2D eigenvalue weighted by Crippen LogP contribution is 2.28. The first-order valence-electron chi connectivity index (χ1n) is 11.9. The number of hydrogen-bond donors (Lipinski definition) is 4. The molecule has 186 valence electrons. The van der Waals surface area contributed by atoms with Crippen LogP contribution < -0.4 is 26.8 Å². The summed E-state index contributed by atoms with van der Waals surface area (Å²) in [5.41, 5.74) is 13.0. The summed E-state index contributed by atoms with van der Waals surface area (Å²) < 4.78 is 25.6. The molecule has 2 heterocycles. The van der Waals surface area contributed by atoms with Crippen LogP contribution in [0.5, 0.6) is 5.88 Å². The SMILES string of the molecule is CCOCCOc1ccc2cc(Nc3nc(NC4CCCCC4N)c(F)cc3C(N)=O)ccc2n1. The number of halogens is 1. The van der Waals surface area contributed by atoms with Gasteiger partial charge in [-0.2, -0.15) is 0 Å². The maximum Gasteiger partial charge on any atom is 0.252 e. The van der Waals surface area contributed by atoms with Crippen molar-refractivity contribution in [3.05, 3.63) is 47.8 Å². The Morgan fingerprint density at radius 2 is 1.94 bits per heavy atom. The fourth-order valence-electron chi connectivity index (χ4n) is 4.14. The number of amides is 1. The summed E-state index contributed by atoms with van der Waals surface area (Å²) in [5, 5.41) is 7.06. The zero-order chi connectivity index (χ0) is 24.8. The van der Waals surface area contributed by atoms with Crippen LogP contribution in [0.3, 0.4) is 0 Å². The smallest absolute Gasteiger partial charge is 0.252 e. The molecule has 0 saturated heterocycles. The average Bonchev–Trinajstić information content (AvgIpc) is 2.85. The zero-order valence-corrected chi connectivity index (χ0v) is 19.7. The minimum atomic E-state index is -0.781. The fraction of sp³-hybridized carbons (Fsp3) is 0.400. The van der Waals surface area contributed by atoms with E-state index in [4.69, 9.17) is 20.9 Å². The molecule has 0 radical (unpaired) electrons. The number of nitrogens with zero attached hydrogens (tertiary/aromatic N) is 2. The highest BCUT2D eigenvalue weighted by atomic mass is 19.1. The second kappa shape index (κ2) is 11.3. The molecule has 0 aliphatic heterocycles. The monoisotopic (exact) mass is 482 g/mol. The highest BCUT2D eigenvalue weighted by Gasteiger charge is 2.24. The summed E-state index contributed by atoms with van der Waals surface area (Å²) in [5.74, 6) is -0.728. The third kappa shape index (κ3) is 6.14. The molecule has 0 spiro atoms. The molecule has 10 heteroatoms. The van der Waals surface area contributed by atoms with Gasteiger partial charge in [-0.25, -0.2) is 14.4 Å². The van der Waals surface area contributed by atoms with Crippen LogP contribution in [-0.4, -0.2) is 47.8 Å². The van der Waals surface area contributed by atoms with Crippen LogP contribution in [0.1, 0.15) is 43.0 Å². The Bertz CT molecular complexity index is 1190. The standard InChI is InChI=1S/C25H31FN6O3/c1-2-34-11-12-35-22-10-7-15-13-16(8-9-20(15)30-22)29-24-17(23(28)33)14-18(26)25(32-24)31-21-6-4-3-5-19(21)27/h7-10,13-14,19,21H,2-6,11-12,27H2,1H3,(H2,28,33)(H2,29,31,32). The van der Waals surface area contributed by atoms with Crippen LogP contribution in [0, 0.1) is 5.82 Å². The molecule has 1 aromatic carbocycles. The molecule has 3 aromatic rings. The van der Waals surface area contributed by atoms with Crippen molar-refractivity contribution in [2.75, 3.05) is 30.5 Å². The number of primary amides is 1. The normalized spacial score (nSPS) is 17.8. The molecule has 6 N–H and O–H groups in total. The van der Waals surface area contributed by atoms with Gasteiger partial charge in [-0.1, -0.05) is 12.8 Å². The van der Waals surface area contributed by atoms with Gasteiger partial charge in [-0.3, -0.25) is 4.79 Å². The van der Waals surface area contributed by atoms with E-state index in [0.717, 1.165) is 42.7 Å². The Hall–Kier alpha value is -3.50. The van der Waals surface area contributed by atoms with Crippen LogP contribution >= 0.6 is 0 Å². The van der Waals surface area contributed by atoms with Crippen molar-refractivity contribution in [3.8, 4) is 5.88 Å². The Morgan fingerprint density at radius 3 is 2.71 bits per heavy atom. The first-order valence-corrected chi connectivity index (χ1v) is 11.9. The Kier molecular flexibility index (Phi) is 7.94. The van der Waals surface area contributed by atoms with E-state index in [1.165, 1.54) is 0 Å². The van der Waals surface area contributed by atoms with Gasteiger partial charge in [0.25, 0.3) is 5.91 Å². The predicted octanol–water partition coefficient (Wildman–Crippen LogP) is 3.71. The van der Waals surface area contributed by atoms with E-state index in [0.29, 0.717) is 31.4 Å². The van der Waals surface area contributed by atoms with E-state index in [-0.39, 0.29) is 29.3 Å². The third-order valence-corrected chi connectivity index (χ3v) is 5.99. The minimum Gasteiger partial charge on any atom is -0.475 e. The van der Waals surface area contributed by atoms with Gasteiger partial charge in [0.15, 0.2) is 11.6 Å². The van der Waals surface area contributed by atoms with Gasteiger partial charge >= 0.3 is 0 Å². The number of nitrogens with two attached hydrogens (primary N) is 2. The van der Waals surface area contributed by atoms with Crippen LogP contribution in [0.15, 0.2) is 36.4 Å². The van der Waals surface area contributed by atoms with Gasteiger partial charge in [0.05, 0.1) is 17.7 Å². The summed E-state index contributed by atoms with van der Waals surface area (Å²) in [6.07, 6.45) is 3.77. The van der Waals surface area contributed by atoms with E-state index >= 15 is 0 Å². The molecular formula is C25H31FN6O3. The van der Waals surface area contributed by atoms with E-state index in [1.807, 2.05) is 25.1 Å². The molecule has 1 amide bonds. The number of rotatable bonds is 10. The van der Waals surface area contributed by atoms with Crippen molar-refractivity contribution in [1.29, 1.82) is 0 Å². The number of carbonyl (C=O) groups is 1. The largest absolute Gasteiger partial charge is 0.475 e. The van der Waals surface area contributed by atoms with Gasteiger partial charge in [-0.15, -0.1) is 0 Å². The van der Waals surface area contributed by atoms with Gasteiger partial charge in [0.2, 0.25) is 5.88 Å². The average molecular weight is 483 g/mol. The molecule has 35 heavy (non-hydrogen) atoms. The minimum absolute atomic E-state index is 0.0381. The van der Waals surface area contributed by atoms with Gasteiger partial charge < -0.3 is 31.6 Å². The number of aromatic nitrogens is 2. The lowest BCUT2D eigenvalue weighted by molar-refractivity contribution is 0.100. The highest BCUT2D eigenvalue weighted by molar-refractivity contribution is 5.99. The molecular weight excluding hydrogens is 451 g/mol. The van der Waals surface area contributed by atoms with Crippen molar-refractivity contribution >= 4 is 34.1 Å². The van der Waals surface area contributed by atoms with Crippen LogP contribution in [0.2, 0.25) is 0 Å². The topological polar surface area (TPSA) is 137 Å². The van der Waals surface area contributed by atoms with Crippen LogP contribution in [0.25, 0.3) is 10.9 Å². The van der Waals surface area contributed by atoms with E-state index in [2.05, 4.69) is 20.6 Å². The Labute approximate surface area is 203 Å². The van der Waals surface area contributed by atoms with Crippen molar-refractivity contribution in [1.82, 2.24) is 9.97 Å². The molecule has 2 unspecified atom stereocenters. The number of ether oxygens (including phenoxy) is 2. The van der Waals surface area contributed by atoms with Crippen molar-refractivity contribution < 1.29 is 18.7 Å². The summed E-state index contributed by atoms with van der Waals surface area (Å²) in [4.78, 5) is 20.9.